The van der Waals surface area contributed by atoms with Gasteiger partial charge in [0.1, 0.15) is 0 Å². The maximum atomic E-state index is 12.6. The zero-order chi connectivity index (χ0) is 17.8. The third-order valence-electron chi connectivity index (χ3n) is 5.87. The maximum Gasteiger partial charge on any atom is 0.253 e. The van der Waals surface area contributed by atoms with E-state index in [9.17, 15) is 9.59 Å². The zero-order valence-corrected chi connectivity index (χ0v) is 15.1. The molecular formula is C20H29N3O2. The summed E-state index contributed by atoms with van der Waals surface area (Å²) in [4.78, 5) is 28.9. The fraction of sp³-hybridized carbons (Fsp3) is 0.600. The van der Waals surface area contributed by atoms with Crippen LogP contribution in [0.1, 0.15) is 48.9 Å². The predicted octanol–water partition coefficient (Wildman–Crippen LogP) is 2.27. The number of benzene rings is 1. The molecule has 25 heavy (non-hydrogen) atoms. The van der Waals surface area contributed by atoms with Crippen LogP contribution in [-0.2, 0) is 4.79 Å². The van der Waals surface area contributed by atoms with Gasteiger partial charge in [-0.1, -0.05) is 24.6 Å². The van der Waals surface area contributed by atoms with Crippen LogP contribution in [0, 0.1) is 5.92 Å². The average Bonchev–Trinajstić information content (AvgIpc) is 3.06. The summed E-state index contributed by atoms with van der Waals surface area (Å²) in [7, 11) is 1.90. The van der Waals surface area contributed by atoms with Crippen molar-refractivity contribution in [3.05, 3.63) is 35.9 Å². The predicted molar refractivity (Wildman–Crippen MR) is 98.1 cm³/mol. The van der Waals surface area contributed by atoms with E-state index in [1.54, 1.807) is 0 Å². The molecule has 0 spiro atoms. The number of piperidine rings is 1. The minimum Gasteiger partial charge on any atom is -0.343 e. The van der Waals surface area contributed by atoms with Crippen molar-refractivity contribution < 1.29 is 9.59 Å². The summed E-state index contributed by atoms with van der Waals surface area (Å²) in [5.41, 5.74) is 6.83. The quantitative estimate of drug-likeness (QED) is 0.912. The van der Waals surface area contributed by atoms with Crippen LogP contribution in [0.25, 0.3) is 0 Å². The van der Waals surface area contributed by atoms with Gasteiger partial charge in [0.2, 0.25) is 5.91 Å². The van der Waals surface area contributed by atoms with Gasteiger partial charge in [-0.3, -0.25) is 9.59 Å². The molecular weight excluding hydrogens is 314 g/mol. The SMILES string of the molecule is CN(C(=O)C[C@@H]1CCC[C@H]1N)C1CCN(C(=O)c2ccccc2)CC1. The third-order valence-corrected chi connectivity index (χ3v) is 5.87. The smallest absolute Gasteiger partial charge is 0.253 e. The summed E-state index contributed by atoms with van der Waals surface area (Å²) < 4.78 is 0. The van der Waals surface area contributed by atoms with Crippen LogP contribution >= 0.6 is 0 Å². The lowest BCUT2D eigenvalue weighted by Gasteiger charge is -2.37. The maximum absolute atomic E-state index is 12.6. The van der Waals surface area contributed by atoms with Gasteiger partial charge in [-0.25, -0.2) is 0 Å². The van der Waals surface area contributed by atoms with E-state index in [0.29, 0.717) is 25.4 Å². The number of hydrogen-bond donors (Lipinski definition) is 1. The number of likely N-dealkylation sites (tertiary alicyclic amines) is 1. The second kappa shape index (κ2) is 8.00. The van der Waals surface area contributed by atoms with Crippen molar-refractivity contribution in [3.8, 4) is 0 Å². The van der Waals surface area contributed by atoms with Crippen molar-refractivity contribution in [2.75, 3.05) is 20.1 Å². The Morgan fingerprint density at radius 3 is 2.40 bits per heavy atom. The van der Waals surface area contributed by atoms with Crippen molar-refractivity contribution in [2.24, 2.45) is 11.7 Å². The zero-order valence-electron chi connectivity index (χ0n) is 15.1. The second-order valence-corrected chi connectivity index (χ2v) is 7.45. The average molecular weight is 343 g/mol. The van der Waals surface area contributed by atoms with E-state index in [1.165, 1.54) is 0 Å². The molecule has 1 saturated heterocycles. The lowest BCUT2D eigenvalue weighted by Crippen LogP contribution is -2.47. The molecule has 1 aromatic carbocycles. The number of carbonyl (C=O) groups excluding carboxylic acids is 2. The first-order chi connectivity index (χ1) is 12.1. The van der Waals surface area contributed by atoms with Gasteiger partial charge in [-0.05, 0) is 43.7 Å². The highest BCUT2D eigenvalue weighted by Crippen LogP contribution is 2.28. The lowest BCUT2D eigenvalue weighted by atomic mass is 9.97. The fourth-order valence-electron chi connectivity index (χ4n) is 4.11. The van der Waals surface area contributed by atoms with Crippen LogP contribution in [0.5, 0.6) is 0 Å². The lowest BCUT2D eigenvalue weighted by molar-refractivity contribution is -0.133. The summed E-state index contributed by atoms with van der Waals surface area (Å²) in [5, 5.41) is 0. The van der Waals surface area contributed by atoms with Crippen molar-refractivity contribution in [1.82, 2.24) is 9.80 Å². The molecule has 3 rings (SSSR count). The van der Waals surface area contributed by atoms with Gasteiger partial charge in [0.15, 0.2) is 0 Å². The molecule has 5 heteroatoms. The van der Waals surface area contributed by atoms with Crippen LogP contribution in [0.2, 0.25) is 0 Å². The summed E-state index contributed by atoms with van der Waals surface area (Å²) in [5.74, 6) is 0.634. The normalized spacial score (nSPS) is 24.3. The van der Waals surface area contributed by atoms with E-state index in [4.69, 9.17) is 5.73 Å². The Hall–Kier alpha value is -1.88. The van der Waals surface area contributed by atoms with E-state index in [1.807, 2.05) is 47.2 Å². The fourth-order valence-corrected chi connectivity index (χ4v) is 4.11. The Morgan fingerprint density at radius 2 is 1.80 bits per heavy atom. The van der Waals surface area contributed by atoms with E-state index in [2.05, 4.69) is 0 Å². The van der Waals surface area contributed by atoms with Gasteiger partial charge in [0.05, 0.1) is 0 Å². The van der Waals surface area contributed by atoms with Gasteiger partial charge in [0, 0.05) is 44.2 Å². The van der Waals surface area contributed by atoms with Gasteiger partial charge in [0.25, 0.3) is 5.91 Å². The number of amides is 2. The molecule has 0 aromatic heterocycles. The van der Waals surface area contributed by atoms with Crippen LogP contribution in [-0.4, -0.2) is 53.8 Å². The van der Waals surface area contributed by atoms with Gasteiger partial charge < -0.3 is 15.5 Å². The number of nitrogens with two attached hydrogens (primary N) is 1. The highest BCUT2D eigenvalue weighted by Gasteiger charge is 2.31. The summed E-state index contributed by atoms with van der Waals surface area (Å²) in [6.07, 6.45) is 5.52. The van der Waals surface area contributed by atoms with Crippen LogP contribution in [0.4, 0.5) is 0 Å². The van der Waals surface area contributed by atoms with Crippen LogP contribution in [0.15, 0.2) is 30.3 Å². The van der Waals surface area contributed by atoms with Crippen molar-refractivity contribution in [1.29, 1.82) is 0 Å². The summed E-state index contributed by atoms with van der Waals surface area (Å²) >= 11 is 0. The Bertz CT molecular complexity index is 596. The van der Waals surface area contributed by atoms with Crippen molar-refractivity contribution in [3.63, 3.8) is 0 Å². The van der Waals surface area contributed by atoms with E-state index < -0.39 is 0 Å². The molecule has 2 fully saturated rings. The molecule has 0 unspecified atom stereocenters. The molecule has 2 atom stereocenters. The Kier molecular flexibility index (Phi) is 5.74. The molecule has 1 aliphatic carbocycles. The van der Waals surface area contributed by atoms with Gasteiger partial charge in [-0.15, -0.1) is 0 Å². The molecule has 2 aliphatic rings. The van der Waals surface area contributed by atoms with Crippen molar-refractivity contribution in [2.45, 2.75) is 50.6 Å². The summed E-state index contributed by atoms with van der Waals surface area (Å²) in [6, 6.07) is 9.82. The first-order valence-corrected chi connectivity index (χ1v) is 9.42. The first-order valence-electron chi connectivity index (χ1n) is 9.42. The van der Waals surface area contributed by atoms with E-state index in [0.717, 1.165) is 37.7 Å². The molecule has 0 bridgehead atoms. The first kappa shape index (κ1) is 17.9. The standard InChI is InChI=1S/C20H29N3O2/c1-22(19(24)14-16-8-5-9-18(16)21)17-10-12-23(13-11-17)20(25)15-6-3-2-4-7-15/h2-4,6-7,16-18H,5,8-14,21H2,1H3/t16-,18+/m0/s1. The second-order valence-electron chi connectivity index (χ2n) is 7.45. The topological polar surface area (TPSA) is 66.6 Å². The molecule has 1 heterocycles. The molecule has 5 nitrogen and oxygen atoms in total. The number of nitrogens with zero attached hydrogens (tertiary/aromatic N) is 2. The third kappa shape index (κ3) is 4.21. The van der Waals surface area contributed by atoms with Crippen LogP contribution < -0.4 is 5.73 Å². The van der Waals surface area contributed by atoms with Crippen LogP contribution in [0.3, 0.4) is 0 Å². The molecule has 2 N–H and O–H groups in total. The van der Waals surface area contributed by atoms with E-state index in [-0.39, 0.29) is 23.9 Å². The molecule has 1 aliphatic heterocycles. The monoisotopic (exact) mass is 343 g/mol. The Balaban J connectivity index is 1.49. The highest BCUT2D eigenvalue weighted by atomic mass is 16.2. The molecule has 0 radical (unpaired) electrons. The van der Waals surface area contributed by atoms with Gasteiger partial charge >= 0.3 is 0 Å². The molecule has 136 valence electrons. The summed E-state index contributed by atoms with van der Waals surface area (Å²) in [6.45, 7) is 1.41. The number of hydrogen-bond acceptors (Lipinski definition) is 3. The minimum atomic E-state index is 0.0879. The Morgan fingerprint density at radius 1 is 1.12 bits per heavy atom. The molecule has 2 amide bonds. The molecule has 1 saturated carbocycles. The van der Waals surface area contributed by atoms with Gasteiger partial charge in [-0.2, -0.15) is 0 Å². The Labute approximate surface area is 150 Å². The van der Waals surface area contributed by atoms with Crippen molar-refractivity contribution >= 4 is 11.8 Å². The molecule has 1 aromatic rings. The minimum absolute atomic E-state index is 0.0879. The highest BCUT2D eigenvalue weighted by molar-refractivity contribution is 5.94. The largest absolute Gasteiger partial charge is 0.343 e. The number of carbonyl (C=O) groups is 2. The van der Waals surface area contributed by atoms with E-state index >= 15 is 0 Å². The number of rotatable bonds is 4.